The number of rotatable bonds is 4. The highest BCUT2D eigenvalue weighted by atomic mass is 35.5. The maximum absolute atomic E-state index is 12.6. The summed E-state index contributed by atoms with van der Waals surface area (Å²) in [5.41, 5.74) is 1.15. The van der Waals surface area contributed by atoms with Crippen molar-refractivity contribution in [3.8, 4) is 0 Å². The number of nitrogens with zero attached hydrogens (tertiary/aromatic N) is 1. The standard InChI is InChI=1S/C9H12FNS.ClH/c1-2-11(10)12-8-9-6-4-3-5-7-9;/h3-7H,2,8H2,1H3;1H. The number of benzene rings is 1. The zero-order chi connectivity index (χ0) is 8.81. The van der Waals surface area contributed by atoms with Crippen molar-refractivity contribution in [2.24, 2.45) is 0 Å². The van der Waals surface area contributed by atoms with Gasteiger partial charge in [-0.2, -0.15) is 0 Å². The molecule has 0 unspecified atom stereocenters. The van der Waals surface area contributed by atoms with Gasteiger partial charge in [-0.15, -0.1) is 16.9 Å². The molecule has 0 saturated carbocycles. The highest BCUT2D eigenvalue weighted by Crippen LogP contribution is 2.16. The van der Waals surface area contributed by atoms with E-state index in [-0.39, 0.29) is 12.4 Å². The van der Waals surface area contributed by atoms with Crippen molar-refractivity contribution < 1.29 is 4.48 Å². The molecule has 0 N–H and O–H groups in total. The molecule has 0 radical (unpaired) electrons. The lowest BCUT2D eigenvalue weighted by molar-refractivity contribution is 0.168. The molecule has 1 aromatic carbocycles. The molecule has 13 heavy (non-hydrogen) atoms. The third-order valence-corrected chi connectivity index (χ3v) is 2.46. The molecular weight excluding hydrogens is 209 g/mol. The molecule has 4 heteroatoms. The first-order valence-electron chi connectivity index (χ1n) is 3.93. The molecule has 1 nitrogen and oxygen atoms in total. The molecule has 74 valence electrons. The number of hydrogen-bond acceptors (Lipinski definition) is 2. The number of halogens is 2. The Bertz CT molecular complexity index is 220. The minimum atomic E-state index is 0. The van der Waals surface area contributed by atoms with E-state index in [0.717, 1.165) is 10.1 Å². The predicted molar refractivity (Wildman–Crippen MR) is 58.5 cm³/mol. The smallest absolute Gasteiger partial charge is 0.0379 e. The lowest BCUT2D eigenvalue weighted by Gasteiger charge is -2.06. The highest BCUT2D eigenvalue weighted by Gasteiger charge is 1.99. The minimum absolute atomic E-state index is 0. The van der Waals surface area contributed by atoms with Gasteiger partial charge in [-0.3, -0.25) is 0 Å². The summed E-state index contributed by atoms with van der Waals surface area (Å²) in [5, 5.41) is 0. The van der Waals surface area contributed by atoms with Crippen LogP contribution < -0.4 is 0 Å². The van der Waals surface area contributed by atoms with Gasteiger partial charge in [0.25, 0.3) is 0 Å². The Morgan fingerprint density at radius 3 is 2.46 bits per heavy atom. The zero-order valence-electron chi connectivity index (χ0n) is 7.44. The fourth-order valence-corrected chi connectivity index (χ4v) is 1.47. The number of hydrogen-bond donors (Lipinski definition) is 0. The second kappa shape index (κ2) is 7.18. The second-order valence-electron chi connectivity index (χ2n) is 2.39. The summed E-state index contributed by atoms with van der Waals surface area (Å²) in [6.45, 7) is 2.22. The van der Waals surface area contributed by atoms with Gasteiger partial charge in [0.05, 0.1) is 0 Å². The van der Waals surface area contributed by atoms with Crippen LogP contribution in [0.2, 0.25) is 0 Å². The maximum atomic E-state index is 12.6. The van der Waals surface area contributed by atoms with Crippen LogP contribution in [0, 0.1) is 0 Å². The van der Waals surface area contributed by atoms with E-state index < -0.39 is 0 Å². The Morgan fingerprint density at radius 2 is 1.92 bits per heavy atom. The fraction of sp³-hybridized carbons (Fsp3) is 0.333. The summed E-state index contributed by atoms with van der Waals surface area (Å²) in [4.78, 5) is 0. The van der Waals surface area contributed by atoms with Crippen LogP contribution >= 0.6 is 24.4 Å². The molecule has 0 saturated heterocycles. The van der Waals surface area contributed by atoms with E-state index in [0.29, 0.717) is 12.3 Å². The monoisotopic (exact) mass is 221 g/mol. The molecule has 0 aliphatic carbocycles. The maximum Gasteiger partial charge on any atom is 0.0379 e. The summed E-state index contributed by atoms with van der Waals surface area (Å²) < 4.78 is 13.4. The molecule has 0 atom stereocenters. The van der Waals surface area contributed by atoms with Gasteiger partial charge in [-0.05, 0) is 24.4 Å². The summed E-state index contributed by atoms with van der Waals surface area (Å²) in [6, 6.07) is 9.88. The van der Waals surface area contributed by atoms with Gasteiger partial charge in [0.2, 0.25) is 0 Å². The highest BCUT2D eigenvalue weighted by molar-refractivity contribution is 7.96. The Morgan fingerprint density at radius 1 is 1.31 bits per heavy atom. The van der Waals surface area contributed by atoms with Gasteiger partial charge in [0, 0.05) is 12.3 Å². The van der Waals surface area contributed by atoms with Crippen LogP contribution in [0.25, 0.3) is 0 Å². The van der Waals surface area contributed by atoms with Crippen LogP contribution in [0.1, 0.15) is 12.5 Å². The molecule has 0 bridgehead atoms. The van der Waals surface area contributed by atoms with Crippen molar-refractivity contribution in [1.29, 1.82) is 0 Å². The third kappa shape index (κ3) is 5.13. The first-order chi connectivity index (χ1) is 5.83. The van der Waals surface area contributed by atoms with Crippen molar-refractivity contribution in [2.45, 2.75) is 12.7 Å². The fourth-order valence-electron chi connectivity index (χ4n) is 0.810. The molecule has 0 heterocycles. The van der Waals surface area contributed by atoms with E-state index >= 15 is 0 Å². The third-order valence-electron chi connectivity index (χ3n) is 1.46. The topological polar surface area (TPSA) is 3.24 Å². The van der Waals surface area contributed by atoms with Gasteiger partial charge in [-0.25, -0.2) is 0 Å². The van der Waals surface area contributed by atoms with Gasteiger partial charge >= 0.3 is 0 Å². The van der Waals surface area contributed by atoms with Gasteiger partial charge in [-0.1, -0.05) is 34.9 Å². The van der Waals surface area contributed by atoms with Crippen LogP contribution in [0.4, 0.5) is 4.48 Å². The van der Waals surface area contributed by atoms with Crippen molar-refractivity contribution in [2.75, 3.05) is 6.54 Å². The SMILES string of the molecule is CCN(F)SCc1ccccc1.Cl. The van der Waals surface area contributed by atoms with Crippen LogP contribution in [-0.2, 0) is 5.75 Å². The summed E-state index contributed by atoms with van der Waals surface area (Å²) in [5.74, 6) is 0.700. The molecule has 1 rings (SSSR count). The van der Waals surface area contributed by atoms with Gasteiger partial charge in [0.15, 0.2) is 0 Å². The lowest BCUT2D eigenvalue weighted by Crippen LogP contribution is -2.01. The van der Waals surface area contributed by atoms with Crippen LogP contribution in [0.5, 0.6) is 0 Å². The molecule has 1 aromatic rings. The Labute approximate surface area is 88.8 Å². The normalized spacial score (nSPS) is 9.77. The molecule has 0 fully saturated rings. The van der Waals surface area contributed by atoms with E-state index in [2.05, 4.69) is 0 Å². The van der Waals surface area contributed by atoms with Crippen molar-refractivity contribution >= 4 is 24.4 Å². The van der Waals surface area contributed by atoms with Crippen LogP contribution in [0.15, 0.2) is 30.3 Å². The van der Waals surface area contributed by atoms with Crippen molar-refractivity contribution in [3.05, 3.63) is 35.9 Å². The largest absolute Gasteiger partial charge is 0.147 e. The van der Waals surface area contributed by atoms with Crippen LogP contribution in [-0.4, -0.2) is 11.1 Å². The Kier molecular flexibility index (Phi) is 7.04. The van der Waals surface area contributed by atoms with E-state index in [1.54, 1.807) is 6.92 Å². The minimum Gasteiger partial charge on any atom is -0.147 e. The molecule has 0 spiro atoms. The molecule has 0 aliphatic heterocycles. The average molecular weight is 222 g/mol. The molecular formula is C9H13ClFNS. The quantitative estimate of drug-likeness (QED) is 0.566. The van der Waals surface area contributed by atoms with Crippen molar-refractivity contribution in [1.82, 2.24) is 4.53 Å². The molecule has 0 amide bonds. The van der Waals surface area contributed by atoms with Crippen molar-refractivity contribution in [3.63, 3.8) is 0 Å². The lowest BCUT2D eigenvalue weighted by atomic mass is 10.2. The first kappa shape index (κ1) is 12.8. The van der Waals surface area contributed by atoms with E-state index in [1.165, 1.54) is 11.9 Å². The zero-order valence-corrected chi connectivity index (χ0v) is 9.08. The summed E-state index contributed by atoms with van der Waals surface area (Å²) in [7, 11) is 0. The van der Waals surface area contributed by atoms with E-state index in [1.807, 2.05) is 30.3 Å². The van der Waals surface area contributed by atoms with Gasteiger partial charge in [0.1, 0.15) is 0 Å². The summed E-state index contributed by atoms with van der Waals surface area (Å²) >= 11 is 1.20. The molecule has 0 aromatic heterocycles. The van der Waals surface area contributed by atoms with E-state index in [4.69, 9.17) is 0 Å². The molecule has 0 aliphatic rings. The van der Waals surface area contributed by atoms with E-state index in [9.17, 15) is 4.48 Å². The second-order valence-corrected chi connectivity index (χ2v) is 3.34. The average Bonchev–Trinajstić information content (AvgIpc) is 2.16. The Hall–Kier alpha value is -0.250. The van der Waals surface area contributed by atoms with Gasteiger partial charge < -0.3 is 0 Å². The first-order valence-corrected chi connectivity index (χ1v) is 4.87. The predicted octanol–water partition coefficient (Wildman–Crippen LogP) is 3.46. The van der Waals surface area contributed by atoms with Crippen LogP contribution in [0.3, 0.4) is 0 Å². The summed E-state index contributed by atoms with van der Waals surface area (Å²) in [6.07, 6.45) is 0. The Balaban J connectivity index is 0.00000144.